The smallest absolute Gasteiger partial charge is 0.0431 e. The average Bonchev–Trinajstić information content (AvgIpc) is 2.76. The largest absolute Gasteiger partial charge is 0.396 e. The van der Waals surface area contributed by atoms with E-state index in [0.717, 1.165) is 31.3 Å². The van der Waals surface area contributed by atoms with Crippen molar-refractivity contribution in [3.63, 3.8) is 0 Å². The molecule has 0 aromatic carbocycles. The van der Waals surface area contributed by atoms with Crippen LogP contribution in [0.5, 0.6) is 0 Å². The summed E-state index contributed by atoms with van der Waals surface area (Å²) in [5, 5.41) is 8.69. The van der Waals surface area contributed by atoms with Gasteiger partial charge in [-0.3, -0.25) is 0 Å². The normalized spacial score (nSPS) is 25.5. The van der Waals surface area contributed by atoms with Gasteiger partial charge in [0.15, 0.2) is 0 Å². The topological polar surface area (TPSA) is 49.5 Å². The van der Waals surface area contributed by atoms with Crippen LogP contribution in [0, 0.1) is 5.92 Å². The van der Waals surface area contributed by atoms with Gasteiger partial charge in [-0.25, -0.2) is 0 Å². The van der Waals surface area contributed by atoms with Crippen molar-refractivity contribution >= 4 is 0 Å². The summed E-state index contributed by atoms with van der Waals surface area (Å²) in [5.74, 6) is 0.724. The van der Waals surface area contributed by atoms with Gasteiger partial charge in [0.2, 0.25) is 0 Å². The van der Waals surface area contributed by atoms with Crippen LogP contribution < -0.4 is 5.73 Å². The lowest BCUT2D eigenvalue weighted by Gasteiger charge is -2.29. The fourth-order valence-electron chi connectivity index (χ4n) is 2.86. The predicted octanol–water partition coefficient (Wildman–Crippen LogP) is 1.60. The predicted molar refractivity (Wildman–Crippen MR) is 68.4 cm³/mol. The summed E-state index contributed by atoms with van der Waals surface area (Å²) in [4.78, 5) is 2.50. The molecule has 1 saturated carbocycles. The molecule has 0 bridgehead atoms. The lowest BCUT2D eigenvalue weighted by Crippen LogP contribution is -2.38. The van der Waals surface area contributed by atoms with Gasteiger partial charge in [0.25, 0.3) is 0 Å². The van der Waals surface area contributed by atoms with Crippen molar-refractivity contribution in [1.29, 1.82) is 0 Å². The van der Waals surface area contributed by atoms with Crippen LogP contribution in [0.1, 0.15) is 44.9 Å². The first-order valence-electron chi connectivity index (χ1n) is 6.80. The minimum atomic E-state index is 0.341. The summed E-state index contributed by atoms with van der Waals surface area (Å²) in [5.41, 5.74) is 5.80. The molecule has 0 radical (unpaired) electrons. The molecule has 1 aliphatic carbocycles. The Morgan fingerprint density at radius 1 is 1.19 bits per heavy atom. The second-order valence-corrected chi connectivity index (χ2v) is 5.11. The molecule has 3 heteroatoms. The quantitative estimate of drug-likeness (QED) is 0.620. The van der Waals surface area contributed by atoms with Gasteiger partial charge < -0.3 is 15.7 Å². The Kier molecular flexibility index (Phi) is 7.01. The van der Waals surface area contributed by atoms with E-state index in [4.69, 9.17) is 10.8 Å². The van der Waals surface area contributed by atoms with Crippen molar-refractivity contribution in [2.75, 3.05) is 26.7 Å². The highest BCUT2D eigenvalue weighted by Crippen LogP contribution is 2.28. The highest BCUT2D eigenvalue weighted by Gasteiger charge is 2.28. The second-order valence-electron chi connectivity index (χ2n) is 5.11. The Bertz CT molecular complexity index is 175. The summed E-state index contributed by atoms with van der Waals surface area (Å²) in [6.07, 6.45) is 8.61. The van der Waals surface area contributed by atoms with Crippen LogP contribution in [0.2, 0.25) is 0 Å². The first kappa shape index (κ1) is 13.9. The highest BCUT2D eigenvalue weighted by atomic mass is 16.2. The van der Waals surface area contributed by atoms with Crippen molar-refractivity contribution in [2.45, 2.75) is 51.0 Å². The average molecular weight is 228 g/mol. The third-order valence-corrected chi connectivity index (χ3v) is 3.91. The van der Waals surface area contributed by atoms with Gasteiger partial charge in [-0.05, 0) is 51.7 Å². The third kappa shape index (κ3) is 4.40. The number of rotatable bonds is 8. The fourth-order valence-corrected chi connectivity index (χ4v) is 2.86. The van der Waals surface area contributed by atoms with Gasteiger partial charge in [-0.1, -0.05) is 19.3 Å². The maximum atomic E-state index is 8.69. The number of unbranched alkanes of at least 4 members (excludes halogenated alkanes) is 3. The number of aliphatic hydroxyl groups is 1. The molecule has 3 nitrogen and oxygen atoms in total. The minimum absolute atomic E-state index is 0.341. The van der Waals surface area contributed by atoms with Gasteiger partial charge in [-0.2, -0.15) is 0 Å². The van der Waals surface area contributed by atoms with E-state index in [0.29, 0.717) is 6.61 Å². The summed E-state index contributed by atoms with van der Waals surface area (Å²) >= 11 is 0. The van der Waals surface area contributed by atoms with Crippen molar-refractivity contribution in [3.8, 4) is 0 Å². The maximum absolute atomic E-state index is 8.69. The lowest BCUT2D eigenvalue weighted by molar-refractivity contribution is 0.195. The summed E-state index contributed by atoms with van der Waals surface area (Å²) in [6, 6.07) is 0.725. The molecule has 0 aromatic heterocycles. The Balaban J connectivity index is 2.11. The maximum Gasteiger partial charge on any atom is 0.0431 e. The molecule has 1 fully saturated rings. The molecule has 0 spiro atoms. The van der Waals surface area contributed by atoms with Gasteiger partial charge >= 0.3 is 0 Å². The molecule has 1 aliphatic rings. The number of aliphatic hydroxyl groups excluding tert-OH is 1. The molecule has 0 aromatic rings. The van der Waals surface area contributed by atoms with Crippen LogP contribution in [0.15, 0.2) is 0 Å². The van der Waals surface area contributed by atoms with Crippen LogP contribution in [0.25, 0.3) is 0 Å². The second kappa shape index (κ2) is 8.04. The first-order chi connectivity index (χ1) is 7.79. The number of nitrogens with zero attached hydrogens (tertiary/aromatic N) is 1. The van der Waals surface area contributed by atoms with Crippen molar-refractivity contribution in [3.05, 3.63) is 0 Å². The van der Waals surface area contributed by atoms with Crippen LogP contribution >= 0.6 is 0 Å². The monoisotopic (exact) mass is 228 g/mol. The van der Waals surface area contributed by atoms with Crippen molar-refractivity contribution in [2.24, 2.45) is 11.7 Å². The zero-order valence-corrected chi connectivity index (χ0v) is 10.7. The summed E-state index contributed by atoms with van der Waals surface area (Å²) in [7, 11) is 2.24. The van der Waals surface area contributed by atoms with Gasteiger partial charge in [0.05, 0.1) is 0 Å². The fraction of sp³-hybridized carbons (Fsp3) is 1.00. The zero-order chi connectivity index (χ0) is 11.8. The molecule has 16 heavy (non-hydrogen) atoms. The van der Waals surface area contributed by atoms with E-state index in [1.807, 2.05) is 0 Å². The standard InChI is InChI=1S/C13H28N2O/c1-15(9-4-2-3-5-10-16)13-8-6-7-12(13)11-14/h12-13,16H,2-11,14H2,1H3. The Morgan fingerprint density at radius 3 is 2.62 bits per heavy atom. The SMILES string of the molecule is CN(CCCCCCO)C1CCCC1CN. The van der Waals surface area contributed by atoms with Crippen molar-refractivity contribution < 1.29 is 5.11 Å². The number of hydrogen-bond acceptors (Lipinski definition) is 3. The van der Waals surface area contributed by atoms with E-state index in [9.17, 15) is 0 Å². The number of nitrogens with two attached hydrogens (primary N) is 1. The Labute approximate surface area is 100 Å². The molecule has 3 N–H and O–H groups in total. The van der Waals surface area contributed by atoms with Crippen molar-refractivity contribution in [1.82, 2.24) is 4.90 Å². The van der Waals surface area contributed by atoms with Crippen LogP contribution in [0.4, 0.5) is 0 Å². The Morgan fingerprint density at radius 2 is 1.94 bits per heavy atom. The van der Waals surface area contributed by atoms with E-state index >= 15 is 0 Å². The Hall–Kier alpha value is -0.120. The van der Waals surface area contributed by atoms with Gasteiger partial charge in [0, 0.05) is 12.6 Å². The molecule has 2 unspecified atom stereocenters. The molecular formula is C13H28N2O. The molecule has 0 aliphatic heterocycles. The molecular weight excluding hydrogens is 200 g/mol. The van der Waals surface area contributed by atoms with Crippen LogP contribution in [-0.4, -0.2) is 42.8 Å². The number of hydrogen-bond donors (Lipinski definition) is 2. The molecule has 96 valence electrons. The molecule has 0 heterocycles. The molecule has 0 amide bonds. The molecule has 1 rings (SSSR count). The van der Waals surface area contributed by atoms with E-state index < -0.39 is 0 Å². The van der Waals surface area contributed by atoms with Crippen LogP contribution in [0.3, 0.4) is 0 Å². The molecule has 2 atom stereocenters. The lowest BCUT2D eigenvalue weighted by atomic mass is 10.0. The van der Waals surface area contributed by atoms with Gasteiger partial charge in [0.1, 0.15) is 0 Å². The summed E-state index contributed by atoms with van der Waals surface area (Å²) in [6.45, 7) is 2.37. The minimum Gasteiger partial charge on any atom is -0.396 e. The highest BCUT2D eigenvalue weighted by molar-refractivity contribution is 4.84. The zero-order valence-electron chi connectivity index (χ0n) is 10.7. The van der Waals surface area contributed by atoms with E-state index in [1.165, 1.54) is 38.6 Å². The third-order valence-electron chi connectivity index (χ3n) is 3.91. The molecule has 0 saturated heterocycles. The van der Waals surface area contributed by atoms with Gasteiger partial charge in [-0.15, -0.1) is 0 Å². The first-order valence-corrected chi connectivity index (χ1v) is 6.80. The van der Waals surface area contributed by atoms with E-state index in [-0.39, 0.29) is 0 Å². The van der Waals surface area contributed by atoms with Crippen LogP contribution in [-0.2, 0) is 0 Å². The van der Waals surface area contributed by atoms with E-state index in [1.54, 1.807) is 0 Å². The summed E-state index contributed by atoms with van der Waals surface area (Å²) < 4.78 is 0. The van der Waals surface area contributed by atoms with E-state index in [2.05, 4.69) is 11.9 Å².